The largest absolute Gasteiger partial charge is 0.394 e. The van der Waals surface area contributed by atoms with E-state index in [1.807, 2.05) is 34.1 Å². The van der Waals surface area contributed by atoms with Crippen molar-refractivity contribution in [2.24, 2.45) is 5.41 Å². The van der Waals surface area contributed by atoms with Gasteiger partial charge in [0.05, 0.1) is 6.54 Å². The molecular weight excluding hydrogens is 202 g/mol. The third-order valence-corrected chi connectivity index (χ3v) is 2.56. The minimum atomic E-state index is -0.251. The van der Waals surface area contributed by atoms with Gasteiger partial charge in [0.25, 0.3) is 0 Å². The Morgan fingerprint density at radius 2 is 2.00 bits per heavy atom. The van der Waals surface area contributed by atoms with Crippen LogP contribution in [0, 0.1) is 5.41 Å². The number of hydrogen-bond acceptors (Lipinski definition) is 4. The molecular formula is C12H25N3O. The molecule has 0 saturated heterocycles. The van der Waals surface area contributed by atoms with Crippen molar-refractivity contribution in [3.05, 3.63) is 12.3 Å². The van der Waals surface area contributed by atoms with Crippen molar-refractivity contribution in [1.82, 2.24) is 16.0 Å². The predicted octanol–water partition coefficient (Wildman–Crippen LogP) is 0.862. The summed E-state index contributed by atoms with van der Waals surface area (Å²) in [5.41, 5.74) is -0.251. The van der Waals surface area contributed by atoms with Crippen molar-refractivity contribution >= 4 is 5.78 Å². The third kappa shape index (κ3) is 6.58. The number of rotatable bonds is 9. The zero-order valence-electron chi connectivity index (χ0n) is 10.9. The average Bonchev–Trinajstić information content (AvgIpc) is 2.24. The molecule has 0 atom stereocenters. The molecule has 0 amide bonds. The van der Waals surface area contributed by atoms with Gasteiger partial charge < -0.3 is 10.6 Å². The van der Waals surface area contributed by atoms with Gasteiger partial charge in [0.15, 0.2) is 5.78 Å². The molecule has 3 N–H and O–H groups in total. The van der Waals surface area contributed by atoms with E-state index in [0.29, 0.717) is 13.2 Å². The first-order chi connectivity index (χ1) is 7.54. The minimum Gasteiger partial charge on any atom is -0.394 e. The molecule has 4 heteroatoms. The Balaban J connectivity index is 3.90. The Labute approximate surface area is 98.9 Å². The van der Waals surface area contributed by atoms with Gasteiger partial charge in [-0.25, -0.2) is 0 Å². The summed E-state index contributed by atoms with van der Waals surface area (Å²) in [4.78, 5) is 11.9. The van der Waals surface area contributed by atoms with E-state index < -0.39 is 0 Å². The number of hydrogen-bond donors (Lipinski definition) is 3. The Morgan fingerprint density at radius 3 is 2.56 bits per heavy atom. The van der Waals surface area contributed by atoms with Crippen molar-refractivity contribution in [1.29, 1.82) is 0 Å². The Morgan fingerprint density at radius 1 is 1.31 bits per heavy atom. The fourth-order valence-electron chi connectivity index (χ4n) is 1.33. The number of allylic oxidation sites excluding steroid dienone is 1. The summed E-state index contributed by atoms with van der Waals surface area (Å²) >= 11 is 0. The molecule has 0 aromatic carbocycles. The van der Waals surface area contributed by atoms with Crippen LogP contribution in [0.1, 0.15) is 26.7 Å². The highest BCUT2D eigenvalue weighted by Gasteiger charge is 2.25. The maximum atomic E-state index is 11.9. The Bertz CT molecular complexity index is 224. The molecule has 94 valence electrons. The summed E-state index contributed by atoms with van der Waals surface area (Å²) in [5.74, 6) is 0.264. The van der Waals surface area contributed by atoms with Crippen molar-refractivity contribution in [2.75, 3.05) is 27.3 Å². The molecule has 0 heterocycles. The lowest BCUT2D eigenvalue weighted by Gasteiger charge is -2.22. The lowest BCUT2D eigenvalue weighted by Crippen LogP contribution is -2.37. The molecule has 4 nitrogen and oxygen atoms in total. The summed E-state index contributed by atoms with van der Waals surface area (Å²) < 4.78 is 0. The van der Waals surface area contributed by atoms with E-state index in [1.165, 1.54) is 0 Å². The van der Waals surface area contributed by atoms with E-state index in [4.69, 9.17) is 0 Å². The lowest BCUT2D eigenvalue weighted by atomic mass is 9.83. The van der Waals surface area contributed by atoms with Gasteiger partial charge in [0.2, 0.25) is 0 Å². The summed E-state index contributed by atoms with van der Waals surface area (Å²) in [6.07, 6.45) is 5.76. The number of Topliss-reactive ketones (excluding diaryl/α,β-unsaturated/α-hetero) is 1. The zero-order chi connectivity index (χ0) is 12.4. The molecule has 0 aromatic heterocycles. The van der Waals surface area contributed by atoms with Gasteiger partial charge >= 0.3 is 0 Å². The fraction of sp³-hybridized carbons (Fsp3) is 0.750. The molecule has 0 aliphatic heterocycles. The number of nitrogens with one attached hydrogen (secondary N) is 3. The van der Waals surface area contributed by atoms with Crippen LogP contribution in [0.4, 0.5) is 0 Å². The SMILES string of the molecule is CN/C=C\CCC(C)(C)C(=O)CNCNC. The normalized spacial score (nSPS) is 12.0. The van der Waals surface area contributed by atoms with E-state index in [2.05, 4.69) is 22.0 Å². The first-order valence-electron chi connectivity index (χ1n) is 5.75. The van der Waals surface area contributed by atoms with E-state index in [1.54, 1.807) is 0 Å². The molecule has 0 saturated carbocycles. The number of carbonyl (C=O) groups excluding carboxylic acids is 1. The first kappa shape index (κ1) is 15.1. The molecule has 0 aliphatic carbocycles. The van der Waals surface area contributed by atoms with Crippen molar-refractivity contribution in [3.8, 4) is 0 Å². The van der Waals surface area contributed by atoms with Gasteiger partial charge in [0.1, 0.15) is 0 Å². The summed E-state index contributed by atoms with van der Waals surface area (Å²) in [6.45, 7) is 5.11. The highest BCUT2D eigenvalue weighted by molar-refractivity contribution is 5.85. The maximum absolute atomic E-state index is 11.9. The van der Waals surface area contributed by atoms with Crippen LogP contribution < -0.4 is 16.0 Å². The van der Waals surface area contributed by atoms with E-state index >= 15 is 0 Å². The molecule has 0 fully saturated rings. The quantitative estimate of drug-likeness (QED) is 0.404. The predicted molar refractivity (Wildman–Crippen MR) is 68.2 cm³/mol. The van der Waals surface area contributed by atoms with Crippen LogP contribution >= 0.6 is 0 Å². The second kappa shape index (κ2) is 8.30. The smallest absolute Gasteiger partial charge is 0.152 e. The molecule has 16 heavy (non-hydrogen) atoms. The van der Waals surface area contributed by atoms with Gasteiger partial charge in [-0.2, -0.15) is 0 Å². The molecule has 0 unspecified atom stereocenters. The molecule has 0 radical (unpaired) electrons. The fourth-order valence-corrected chi connectivity index (χ4v) is 1.33. The maximum Gasteiger partial charge on any atom is 0.152 e. The van der Waals surface area contributed by atoms with Crippen LogP contribution in [0.3, 0.4) is 0 Å². The van der Waals surface area contributed by atoms with Gasteiger partial charge in [-0.1, -0.05) is 19.9 Å². The first-order valence-corrected chi connectivity index (χ1v) is 5.75. The van der Waals surface area contributed by atoms with Crippen LogP contribution in [0.5, 0.6) is 0 Å². The van der Waals surface area contributed by atoms with Crippen LogP contribution in [0.15, 0.2) is 12.3 Å². The number of carbonyl (C=O) groups is 1. The van der Waals surface area contributed by atoms with Gasteiger partial charge in [-0.3, -0.25) is 10.1 Å². The van der Waals surface area contributed by atoms with E-state index in [-0.39, 0.29) is 11.2 Å². The second-order valence-electron chi connectivity index (χ2n) is 4.49. The van der Waals surface area contributed by atoms with Crippen molar-refractivity contribution in [3.63, 3.8) is 0 Å². The monoisotopic (exact) mass is 227 g/mol. The molecule has 0 spiro atoms. The van der Waals surface area contributed by atoms with Crippen LogP contribution in [-0.4, -0.2) is 33.1 Å². The van der Waals surface area contributed by atoms with Gasteiger partial charge in [-0.05, 0) is 26.1 Å². The Kier molecular flexibility index (Phi) is 7.85. The summed E-state index contributed by atoms with van der Waals surface area (Å²) in [5, 5.41) is 8.94. The average molecular weight is 227 g/mol. The van der Waals surface area contributed by atoms with E-state index in [9.17, 15) is 4.79 Å². The summed E-state index contributed by atoms with van der Waals surface area (Å²) in [6, 6.07) is 0. The van der Waals surface area contributed by atoms with Crippen molar-refractivity contribution < 1.29 is 4.79 Å². The van der Waals surface area contributed by atoms with E-state index in [0.717, 1.165) is 12.8 Å². The van der Waals surface area contributed by atoms with Crippen LogP contribution in [0.2, 0.25) is 0 Å². The summed E-state index contributed by atoms with van der Waals surface area (Å²) in [7, 11) is 3.72. The minimum absolute atomic E-state index is 0.251. The standard InChI is InChI=1S/C12H25N3O/c1-12(2,7-5-6-8-13-3)11(16)9-15-10-14-4/h6,8,13-15H,5,7,9-10H2,1-4H3/b8-6-. The molecule has 0 bridgehead atoms. The highest BCUT2D eigenvalue weighted by atomic mass is 16.1. The third-order valence-electron chi connectivity index (χ3n) is 2.56. The molecule has 0 aliphatic rings. The molecule has 0 rings (SSSR count). The van der Waals surface area contributed by atoms with Gasteiger partial charge in [-0.15, -0.1) is 0 Å². The Hall–Kier alpha value is -0.870. The van der Waals surface area contributed by atoms with Gasteiger partial charge in [0, 0.05) is 19.1 Å². The second-order valence-corrected chi connectivity index (χ2v) is 4.49. The molecule has 0 aromatic rings. The van der Waals surface area contributed by atoms with Crippen molar-refractivity contribution in [2.45, 2.75) is 26.7 Å². The zero-order valence-corrected chi connectivity index (χ0v) is 10.9. The van der Waals surface area contributed by atoms with Crippen LogP contribution in [0.25, 0.3) is 0 Å². The highest BCUT2D eigenvalue weighted by Crippen LogP contribution is 2.23. The lowest BCUT2D eigenvalue weighted by molar-refractivity contribution is -0.126. The number of ketones is 1. The van der Waals surface area contributed by atoms with Crippen LogP contribution in [-0.2, 0) is 4.79 Å². The topological polar surface area (TPSA) is 53.2 Å².